The summed E-state index contributed by atoms with van der Waals surface area (Å²) in [7, 11) is 3.16. The number of ether oxygens (including phenoxy) is 3. The van der Waals surface area contributed by atoms with Crippen LogP contribution in [0.4, 0.5) is 0 Å². The van der Waals surface area contributed by atoms with Crippen LogP contribution in [0.5, 0.6) is 11.5 Å². The number of hydrogen-bond donors (Lipinski definition) is 1. The van der Waals surface area contributed by atoms with E-state index in [1.165, 1.54) is 4.88 Å². The average molecular weight is 514 g/mol. The predicted molar refractivity (Wildman–Crippen MR) is 140 cm³/mol. The molecule has 1 aliphatic carbocycles. The molecule has 2 aliphatic rings. The third kappa shape index (κ3) is 5.28. The molecule has 0 fully saturated rings. The Balaban J connectivity index is 1.76. The van der Waals surface area contributed by atoms with Crippen molar-refractivity contribution in [1.82, 2.24) is 5.32 Å². The van der Waals surface area contributed by atoms with E-state index in [-0.39, 0.29) is 11.7 Å². The summed E-state index contributed by atoms with van der Waals surface area (Å²) in [6, 6.07) is 9.67. The number of nitrogens with one attached hydrogen (secondary N) is 1. The van der Waals surface area contributed by atoms with Crippen molar-refractivity contribution in [3.8, 4) is 11.5 Å². The van der Waals surface area contributed by atoms with Gasteiger partial charge < -0.3 is 19.5 Å². The average Bonchev–Trinajstić information content (AvgIpc) is 3.40. The first-order chi connectivity index (χ1) is 17.0. The number of hydrogen-bond acceptors (Lipinski definition) is 8. The Hall–Kier alpha value is -2.71. The minimum absolute atomic E-state index is 0.0521. The molecule has 35 heavy (non-hydrogen) atoms. The van der Waals surface area contributed by atoms with E-state index >= 15 is 0 Å². The minimum Gasteiger partial charge on any atom is -0.493 e. The van der Waals surface area contributed by atoms with Gasteiger partial charge in [-0.3, -0.25) is 4.79 Å². The summed E-state index contributed by atoms with van der Waals surface area (Å²) in [6.45, 7) is 4.28. The first kappa shape index (κ1) is 25.4. The standard InChI is InChI=1S/C27H31NO5S2/c1-5-34-12-10-33-27(30)24-16(2)28-19-13-18(23-7-6-11-35-23)14-20(29)26(19)25(24)17-8-9-21(31-3)22(15-17)32-4/h6-9,11,15,18,25,28H,5,10,12-14H2,1-4H3/t18-,25+/m1/s1. The number of carbonyl (C=O) groups excluding carboxylic acids is 2. The highest BCUT2D eigenvalue weighted by atomic mass is 32.2. The number of thiophene rings is 1. The Morgan fingerprint density at radius 3 is 2.66 bits per heavy atom. The van der Waals surface area contributed by atoms with Crippen LogP contribution < -0.4 is 14.8 Å². The SMILES string of the molecule is CCSCCOC(=O)C1=C(C)NC2=C(C(=O)C[C@H](c3cccs3)C2)[C@H]1c1ccc(OC)c(OC)c1. The zero-order valence-corrected chi connectivity index (χ0v) is 22.1. The van der Waals surface area contributed by atoms with Crippen LogP contribution in [-0.4, -0.2) is 44.1 Å². The topological polar surface area (TPSA) is 73.9 Å². The molecule has 6 nitrogen and oxygen atoms in total. The lowest BCUT2D eigenvalue weighted by atomic mass is 9.72. The Morgan fingerprint density at radius 2 is 1.97 bits per heavy atom. The predicted octanol–water partition coefficient (Wildman–Crippen LogP) is 5.42. The minimum atomic E-state index is -0.533. The van der Waals surface area contributed by atoms with Gasteiger partial charge in [-0.25, -0.2) is 4.79 Å². The number of ketones is 1. The normalized spacial score (nSPS) is 19.8. The van der Waals surface area contributed by atoms with Crippen LogP contribution in [0.1, 0.15) is 49.0 Å². The van der Waals surface area contributed by atoms with E-state index in [1.54, 1.807) is 37.3 Å². The molecule has 0 unspecified atom stereocenters. The molecule has 2 heterocycles. The molecule has 0 spiro atoms. The number of Topliss-reactive ketones (excluding diaryl/α,β-unsaturated/α-hetero) is 1. The van der Waals surface area contributed by atoms with Crippen LogP contribution >= 0.6 is 23.1 Å². The second-order valence-corrected chi connectivity index (χ2v) is 10.9. The van der Waals surface area contributed by atoms with Crippen LogP contribution in [0.3, 0.4) is 0 Å². The molecule has 1 aliphatic heterocycles. The number of benzene rings is 1. The number of allylic oxidation sites excluding steroid dienone is 3. The van der Waals surface area contributed by atoms with Gasteiger partial charge in [0.2, 0.25) is 0 Å². The van der Waals surface area contributed by atoms with Gasteiger partial charge in [-0.05, 0) is 48.2 Å². The Bertz CT molecular complexity index is 1150. The molecule has 1 aromatic carbocycles. The summed E-state index contributed by atoms with van der Waals surface area (Å²) in [5, 5.41) is 5.45. The lowest BCUT2D eigenvalue weighted by molar-refractivity contribution is -0.138. The van der Waals surface area contributed by atoms with Crippen LogP contribution in [0, 0.1) is 0 Å². The van der Waals surface area contributed by atoms with E-state index in [0.29, 0.717) is 35.7 Å². The number of esters is 1. The van der Waals surface area contributed by atoms with Gasteiger partial charge in [0.1, 0.15) is 6.61 Å². The molecule has 1 aromatic heterocycles. The molecule has 0 bridgehead atoms. The zero-order chi connectivity index (χ0) is 24.9. The van der Waals surface area contributed by atoms with E-state index < -0.39 is 11.9 Å². The third-order valence-electron chi connectivity index (χ3n) is 6.40. The highest BCUT2D eigenvalue weighted by molar-refractivity contribution is 7.99. The monoisotopic (exact) mass is 513 g/mol. The largest absolute Gasteiger partial charge is 0.493 e. The number of carbonyl (C=O) groups is 2. The van der Waals surface area contributed by atoms with Gasteiger partial charge in [0.05, 0.1) is 19.8 Å². The van der Waals surface area contributed by atoms with Gasteiger partial charge in [-0.2, -0.15) is 11.8 Å². The third-order valence-corrected chi connectivity index (χ3v) is 8.30. The maximum atomic E-state index is 13.6. The second-order valence-electron chi connectivity index (χ2n) is 8.48. The summed E-state index contributed by atoms with van der Waals surface area (Å²) in [6.07, 6.45) is 1.14. The summed E-state index contributed by atoms with van der Waals surface area (Å²) < 4.78 is 16.6. The van der Waals surface area contributed by atoms with Gasteiger partial charge in [0.25, 0.3) is 0 Å². The second kappa shape index (κ2) is 11.4. The molecule has 8 heteroatoms. The van der Waals surface area contributed by atoms with Crippen LogP contribution in [0.25, 0.3) is 0 Å². The van der Waals surface area contributed by atoms with E-state index in [4.69, 9.17) is 14.2 Å². The van der Waals surface area contributed by atoms with Gasteiger partial charge >= 0.3 is 5.97 Å². The lowest BCUT2D eigenvalue weighted by Gasteiger charge is -2.36. The van der Waals surface area contributed by atoms with E-state index in [9.17, 15) is 9.59 Å². The van der Waals surface area contributed by atoms with E-state index in [2.05, 4.69) is 18.3 Å². The summed E-state index contributed by atoms with van der Waals surface area (Å²) in [5.74, 6) is 2.09. The Morgan fingerprint density at radius 1 is 1.17 bits per heavy atom. The van der Waals surface area contributed by atoms with Gasteiger partial charge in [-0.15, -0.1) is 11.3 Å². The molecular weight excluding hydrogens is 482 g/mol. The lowest BCUT2D eigenvalue weighted by Crippen LogP contribution is -2.36. The molecule has 0 saturated heterocycles. The first-order valence-electron chi connectivity index (χ1n) is 11.7. The smallest absolute Gasteiger partial charge is 0.336 e. The van der Waals surface area contributed by atoms with E-state index in [1.807, 2.05) is 36.6 Å². The molecule has 1 N–H and O–H groups in total. The van der Waals surface area contributed by atoms with Gasteiger partial charge in [-0.1, -0.05) is 19.1 Å². The highest BCUT2D eigenvalue weighted by Crippen LogP contribution is 2.47. The summed E-state index contributed by atoms with van der Waals surface area (Å²) in [5.41, 5.74) is 3.52. The Kier molecular flexibility index (Phi) is 8.23. The van der Waals surface area contributed by atoms with Crippen LogP contribution in [-0.2, 0) is 14.3 Å². The number of dihydropyridines is 1. The molecule has 0 amide bonds. The van der Waals surface area contributed by atoms with Gasteiger partial charge in [0.15, 0.2) is 17.3 Å². The van der Waals surface area contributed by atoms with Crippen molar-refractivity contribution in [1.29, 1.82) is 0 Å². The van der Waals surface area contributed by atoms with Crippen molar-refractivity contribution in [3.63, 3.8) is 0 Å². The fourth-order valence-corrected chi connectivity index (χ4v) is 6.14. The van der Waals surface area contributed by atoms with Crippen LogP contribution in [0.2, 0.25) is 0 Å². The van der Waals surface area contributed by atoms with Crippen molar-refractivity contribution in [2.24, 2.45) is 0 Å². The highest BCUT2D eigenvalue weighted by Gasteiger charge is 2.41. The van der Waals surface area contributed by atoms with Crippen molar-refractivity contribution in [3.05, 3.63) is 68.7 Å². The Labute approximate surface area is 214 Å². The van der Waals surface area contributed by atoms with Crippen molar-refractivity contribution >= 4 is 34.9 Å². The molecule has 186 valence electrons. The molecule has 2 aromatic rings. The number of thioether (sulfide) groups is 1. The quantitative estimate of drug-likeness (QED) is 0.354. The van der Waals surface area contributed by atoms with Crippen molar-refractivity contribution < 1.29 is 23.8 Å². The molecule has 2 atom stereocenters. The van der Waals surface area contributed by atoms with Gasteiger partial charge in [0, 0.05) is 45.9 Å². The van der Waals surface area contributed by atoms with Crippen LogP contribution in [0.15, 0.2) is 58.3 Å². The molecule has 0 radical (unpaired) electrons. The summed E-state index contributed by atoms with van der Waals surface area (Å²) in [4.78, 5) is 28.2. The maximum absolute atomic E-state index is 13.6. The molecule has 4 rings (SSSR count). The molecular formula is C27H31NO5S2. The fraction of sp³-hybridized carbons (Fsp3) is 0.407. The number of rotatable bonds is 9. The number of methoxy groups -OCH3 is 2. The summed E-state index contributed by atoms with van der Waals surface area (Å²) >= 11 is 3.39. The molecule has 0 saturated carbocycles. The van der Waals surface area contributed by atoms with Crippen molar-refractivity contribution in [2.75, 3.05) is 32.3 Å². The fourth-order valence-electron chi connectivity index (χ4n) is 4.82. The maximum Gasteiger partial charge on any atom is 0.336 e. The zero-order valence-electron chi connectivity index (χ0n) is 20.5. The van der Waals surface area contributed by atoms with Crippen molar-refractivity contribution in [2.45, 2.75) is 38.5 Å². The first-order valence-corrected chi connectivity index (χ1v) is 13.8. The van der Waals surface area contributed by atoms with E-state index in [0.717, 1.165) is 34.9 Å².